The van der Waals surface area contributed by atoms with Gasteiger partial charge in [0.05, 0.1) is 18.7 Å². The van der Waals surface area contributed by atoms with Gasteiger partial charge in [0, 0.05) is 12.0 Å². The Hall–Kier alpha value is -1.06. The van der Waals surface area contributed by atoms with Crippen molar-refractivity contribution >= 4 is 17.4 Å². The molecule has 0 saturated carbocycles. The zero-order valence-electron chi connectivity index (χ0n) is 7.79. The fourth-order valence-electron chi connectivity index (χ4n) is 1.09. The third-order valence-corrected chi connectivity index (χ3v) is 2.11. The zero-order chi connectivity index (χ0) is 10.6. The molecule has 0 aliphatic carbocycles. The molecule has 3 nitrogen and oxygen atoms in total. The highest BCUT2D eigenvalue weighted by Crippen LogP contribution is 2.25. The first-order valence-corrected chi connectivity index (χ1v) is 4.54. The lowest BCUT2D eigenvalue weighted by molar-refractivity contribution is 0.0956. The first kappa shape index (κ1) is 11.0. The van der Waals surface area contributed by atoms with Crippen molar-refractivity contribution in [1.29, 1.82) is 0 Å². The fourth-order valence-corrected chi connectivity index (χ4v) is 1.34. The van der Waals surface area contributed by atoms with Gasteiger partial charge in [-0.1, -0.05) is 11.6 Å². The summed E-state index contributed by atoms with van der Waals surface area (Å²) in [6.07, 6.45) is 0.114. The average molecular weight is 215 g/mol. The minimum atomic E-state index is -0.150. The lowest BCUT2D eigenvalue weighted by Gasteiger charge is -2.04. The van der Waals surface area contributed by atoms with E-state index in [1.54, 1.807) is 18.2 Å². The van der Waals surface area contributed by atoms with Crippen LogP contribution >= 0.6 is 11.6 Å². The van der Waals surface area contributed by atoms with Crippen molar-refractivity contribution in [3.63, 3.8) is 0 Å². The molecule has 0 aromatic heterocycles. The molecule has 0 aliphatic heterocycles. The Morgan fingerprint density at radius 1 is 1.57 bits per heavy atom. The number of ketones is 1. The van der Waals surface area contributed by atoms with Gasteiger partial charge in [-0.25, -0.2) is 0 Å². The Morgan fingerprint density at radius 3 is 2.79 bits per heavy atom. The van der Waals surface area contributed by atoms with E-state index >= 15 is 0 Å². The molecule has 0 amide bonds. The van der Waals surface area contributed by atoms with E-state index in [2.05, 4.69) is 0 Å². The van der Waals surface area contributed by atoms with Crippen LogP contribution in [0.1, 0.15) is 16.8 Å². The minimum absolute atomic E-state index is 0.114. The molecule has 0 fully saturated rings. The van der Waals surface area contributed by atoms with E-state index < -0.39 is 0 Å². The number of rotatable bonds is 4. The van der Waals surface area contributed by atoms with Crippen molar-refractivity contribution in [2.75, 3.05) is 13.7 Å². The van der Waals surface area contributed by atoms with Gasteiger partial charge in [-0.15, -0.1) is 0 Å². The van der Waals surface area contributed by atoms with Crippen LogP contribution in [0.3, 0.4) is 0 Å². The molecule has 4 heteroatoms. The molecular formula is C10H11ClO3. The highest BCUT2D eigenvalue weighted by molar-refractivity contribution is 6.32. The molecule has 1 aromatic carbocycles. The zero-order valence-corrected chi connectivity index (χ0v) is 8.54. The lowest BCUT2D eigenvalue weighted by atomic mass is 10.1. The van der Waals surface area contributed by atoms with Crippen molar-refractivity contribution in [1.82, 2.24) is 0 Å². The Balaban J connectivity index is 2.91. The van der Waals surface area contributed by atoms with E-state index in [4.69, 9.17) is 21.4 Å². The van der Waals surface area contributed by atoms with Gasteiger partial charge in [0.15, 0.2) is 5.78 Å². The van der Waals surface area contributed by atoms with E-state index in [1.165, 1.54) is 7.11 Å². The van der Waals surface area contributed by atoms with Crippen LogP contribution in [0.25, 0.3) is 0 Å². The van der Waals surface area contributed by atoms with Gasteiger partial charge >= 0.3 is 0 Å². The monoisotopic (exact) mass is 214 g/mol. The standard InChI is InChI=1S/C10H11ClO3/c1-14-10-3-2-7(6-8(10)11)9(13)4-5-12/h2-3,6,12H,4-5H2,1H3. The van der Waals surface area contributed by atoms with Crippen LogP contribution in [-0.4, -0.2) is 24.6 Å². The predicted octanol–water partition coefficient (Wildman–Crippen LogP) is 1.91. The third kappa shape index (κ3) is 2.47. The number of carbonyl (C=O) groups is 1. The Morgan fingerprint density at radius 2 is 2.29 bits per heavy atom. The first-order valence-electron chi connectivity index (χ1n) is 4.16. The van der Waals surface area contributed by atoms with E-state index in [0.717, 1.165) is 0 Å². The molecule has 1 N–H and O–H groups in total. The molecule has 1 rings (SSSR count). The summed E-state index contributed by atoms with van der Waals surface area (Å²) in [5.74, 6) is 0.407. The molecule has 76 valence electrons. The predicted molar refractivity (Wildman–Crippen MR) is 54.0 cm³/mol. The van der Waals surface area contributed by atoms with Crippen LogP contribution in [0.4, 0.5) is 0 Å². The third-order valence-electron chi connectivity index (χ3n) is 1.81. The Bertz CT molecular complexity index is 336. The number of methoxy groups -OCH3 is 1. The summed E-state index contributed by atoms with van der Waals surface area (Å²) in [5.41, 5.74) is 0.491. The molecule has 0 spiro atoms. The van der Waals surface area contributed by atoms with Crippen LogP contribution in [0.2, 0.25) is 5.02 Å². The number of benzene rings is 1. The summed E-state index contributed by atoms with van der Waals surface area (Å²) in [7, 11) is 1.51. The highest BCUT2D eigenvalue weighted by Gasteiger charge is 2.08. The molecule has 0 unspecified atom stereocenters. The van der Waals surface area contributed by atoms with E-state index in [9.17, 15) is 4.79 Å². The number of carbonyl (C=O) groups excluding carboxylic acids is 1. The van der Waals surface area contributed by atoms with Crippen molar-refractivity contribution in [3.05, 3.63) is 28.8 Å². The average Bonchev–Trinajstić information content (AvgIpc) is 2.18. The van der Waals surface area contributed by atoms with Crippen LogP contribution in [0, 0.1) is 0 Å². The fraction of sp³-hybridized carbons (Fsp3) is 0.300. The second-order valence-electron chi connectivity index (χ2n) is 2.75. The van der Waals surface area contributed by atoms with E-state index in [1.807, 2.05) is 0 Å². The number of halogens is 1. The Kier molecular flexibility index (Phi) is 3.92. The van der Waals surface area contributed by atoms with Crippen molar-refractivity contribution in [3.8, 4) is 5.75 Å². The van der Waals surface area contributed by atoms with Gasteiger partial charge in [-0.2, -0.15) is 0 Å². The number of hydrogen-bond acceptors (Lipinski definition) is 3. The van der Waals surface area contributed by atoms with Gasteiger partial charge in [0.2, 0.25) is 0 Å². The molecule has 14 heavy (non-hydrogen) atoms. The van der Waals surface area contributed by atoms with Gasteiger partial charge < -0.3 is 9.84 Å². The van der Waals surface area contributed by atoms with Crippen LogP contribution < -0.4 is 4.74 Å². The lowest BCUT2D eigenvalue weighted by Crippen LogP contribution is -2.01. The second-order valence-corrected chi connectivity index (χ2v) is 3.15. The normalized spacial score (nSPS) is 9.93. The van der Waals surface area contributed by atoms with Crippen molar-refractivity contribution in [2.24, 2.45) is 0 Å². The number of aliphatic hydroxyl groups excluding tert-OH is 1. The number of aliphatic hydroxyl groups is 1. The summed E-state index contributed by atoms with van der Waals surface area (Å²) >= 11 is 5.83. The van der Waals surface area contributed by atoms with E-state index in [-0.39, 0.29) is 18.8 Å². The summed E-state index contributed by atoms with van der Waals surface area (Å²) in [6.45, 7) is -0.150. The van der Waals surface area contributed by atoms with Crippen molar-refractivity contribution in [2.45, 2.75) is 6.42 Å². The maximum atomic E-state index is 11.3. The molecule has 0 atom stereocenters. The highest BCUT2D eigenvalue weighted by atomic mass is 35.5. The summed E-state index contributed by atoms with van der Waals surface area (Å²) in [4.78, 5) is 11.3. The topological polar surface area (TPSA) is 46.5 Å². The number of ether oxygens (including phenoxy) is 1. The molecule has 0 bridgehead atoms. The van der Waals surface area contributed by atoms with Gasteiger partial charge in [-0.3, -0.25) is 4.79 Å². The molecular weight excluding hydrogens is 204 g/mol. The largest absolute Gasteiger partial charge is 0.495 e. The van der Waals surface area contributed by atoms with Gasteiger partial charge in [0.1, 0.15) is 5.75 Å². The molecule has 0 saturated heterocycles. The maximum Gasteiger partial charge on any atom is 0.165 e. The molecule has 0 radical (unpaired) electrons. The minimum Gasteiger partial charge on any atom is -0.495 e. The SMILES string of the molecule is COc1ccc(C(=O)CCO)cc1Cl. The van der Waals surface area contributed by atoms with Gasteiger partial charge in [-0.05, 0) is 18.2 Å². The smallest absolute Gasteiger partial charge is 0.165 e. The summed E-state index contributed by atoms with van der Waals surface area (Å²) < 4.78 is 4.95. The van der Waals surface area contributed by atoms with Crippen LogP contribution in [0.15, 0.2) is 18.2 Å². The van der Waals surface area contributed by atoms with Gasteiger partial charge in [0.25, 0.3) is 0 Å². The molecule has 1 aromatic rings. The molecule has 0 aliphatic rings. The first-order chi connectivity index (χ1) is 6.69. The van der Waals surface area contributed by atoms with Crippen molar-refractivity contribution < 1.29 is 14.6 Å². The quantitative estimate of drug-likeness (QED) is 0.779. The summed E-state index contributed by atoms with van der Waals surface area (Å²) in [5, 5.41) is 8.99. The van der Waals surface area contributed by atoms with E-state index in [0.29, 0.717) is 16.3 Å². The van der Waals surface area contributed by atoms with Crippen LogP contribution in [-0.2, 0) is 0 Å². The maximum absolute atomic E-state index is 11.3. The summed E-state index contributed by atoms with van der Waals surface area (Å²) in [6, 6.07) is 4.80. The molecule has 0 heterocycles. The Labute approximate surface area is 87.3 Å². The second kappa shape index (κ2) is 4.98. The number of hydrogen-bond donors (Lipinski definition) is 1. The number of Topliss-reactive ketones (excluding diaryl/α,β-unsaturated/α-hetero) is 1. The van der Waals surface area contributed by atoms with Crippen LogP contribution in [0.5, 0.6) is 5.75 Å².